The lowest BCUT2D eigenvalue weighted by Gasteiger charge is -2.24. The predicted octanol–water partition coefficient (Wildman–Crippen LogP) is 3.94. The molecule has 0 aliphatic heterocycles. The van der Waals surface area contributed by atoms with Gasteiger partial charge in [0.25, 0.3) is 0 Å². The van der Waals surface area contributed by atoms with Gasteiger partial charge in [-0.25, -0.2) is 0 Å². The first kappa shape index (κ1) is 12.2. The number of hydrogen-bond donors (Lipinski definition) is 1. The van der Waals surface area contributed by atoms with Gasteiger partial charge in [-0.05, 0) is 54.4 Å². The second kappa shape index (κ2) is 4.46. The molecule has 0 saturated heterocycles. The Morgan fingerprint density at radius 2 is 1.65 bits per heavy atom. The lowest BCUT2D eigenvalue weighted by Crippen LogP contribution is -2.18. The monoisotopic (exact) mass is 264 g/mol. The molecule has 0 heterocycles. The highest BCUT2D eigenvalue weighted by Gasteiger charge is 2.50. The normalized spacial score (nSPS) is 20.4. The molecule has 20 heavy (non-hydrogen) atoms. The summed E-state index contributed by atoms with van der Waals surface area (Å²) in [4.78, 5) is 0. The average molecular weight is 264 g/mol. The Bertz CT molecular complexity index is 625. The Labute approximate surface area is 120 Å². The molecule has 1 N–H and O–H groups in total. The summed E-state index contributed by atoms with van der Waals surface area (Å²) in [5, 5.41) is 10.9. The van der Waals surface area contributed by atoms with Crippen molar-refractivity contribution >= 4 is 0 Å². The van der Waals surface area contributed by atoms with Gasteiger partial charge in [0.2, 0.25) is 0 Å². The Morgan fingerprint density at radius 1 is 0.900 bits per heavy atom. The standard InChI is InChI=1S/C19H20O/c20-18(16-10-9-14-5-4-6-15(14)13-16)19(11-12-19)17-7-2-1-3-8-17/h1-3,7-10,13,18,20H,4-6,11-12H2. The fourth-order valence-electron chi connectivity index (χ4n) is 3.71. The maximum absolute atomic E-state index is 10.9. The molecule has 1 nitrogen and oxygen atoms in total. The van der Waals surface area contributed by atoms with E-state index in [0.717, 1.165) is 18.4 Å². The number of benzene rings is 2. The zero-order valence-corrected chi connectivity index (χ0v) is 11.7. The number of aliphatic hydroxyl groups excluding tert-OH is 1. The van der Waals surface area contributed by atoms with Gasteiger partial charge in [-0.2, -0.15) is 0 Å². The Balaban J connectivity index is 1.69. The van der Waals surface area contributed by atoms with Crippen molar-refractivity contribution in [3.05, 3.63) is 70.8 Å². The van der Waals surface area contributed by atoms with Crippen molar-refractivity contribution in [1.82, 2.24) is 0 Å². The summed E-state index contributed by atoms with van der Waals surface area (Å²) in [7, 11) is 0. The van der Waals surface area contributed by atoms with Crippen LogP contribution in [0.3, 0.4) is 0 Å². The number of rotatable bonds is 3. The van der Waals surface area contributed by atoms with Gasteiger partial charge in [-0.15, -0.1) is 0 Å². The minimum absolute atomic E-state index is 0.0336. The van der Waals surface area contributed by atoms with E-state index < -0.39 is 0 Å². The Morgan fingerprint density at radius 3 is 2.40 bits per heavy atom. The molecule has 2 aromatic rings. The molecule has 0 bridgehead atoms. The molecule has 0 spiro atoms. The minimum Gasteiger partial charge on any atom is -0.387 e. The lowest BCUT2D eigenvalue weighted by atomic mass is 9.85. The molecule has 102 valence electrons. The highest BCUT2D eigenvalue weighted by atomic mass is 16.3. The van der Waals surface area contributed by atoms with E-state index >= 15 is 0 Å². The molecule has 0 radical (unpaired) electrons. The number of aliphatic hydroxyl groups is 1. The van der Waals surface area contributed by atoms with E-state index in [0.29, 0.717) is 0 Å². The van der Waals surface area contributed by atoms with E-state index in [1.165, 1.54) is 36.0 Å². The van der Waals surface area contributed by atoms with Crippen LogP contribution < -0.4 is 0 Å². The summed E-state index contributed by atoms with van der Waals surface area (Å²) in [5.41, 5.74) is 5.28. The molecular weight excluding hydrogens is 244 g/mol. The predicted molar refractivity (Wildman–Crippen MR) is 80.8 cm³/mol. The molecule has 1 heteroatoms. The van der Waals surface area contributed by atoms with Crippen LogP contribution in [0.15, 0.2) is 48.5 Å². The van der Waals surface area contributed by atoms with Crippen LogP contribution in [0.25, 0.3) is 0 Å². The second-order valence-electron chi connectivity index (χ2n) is 6.31. The third-order valence-electron chi connectivity index (χ3n) is 5.10. The minimum atomic E-state index is -0.365. The summed E-state index contributed by atoms with van der Waals surface area (Å²) in [6, 6.07) is 17.1. The molecule has 2 aromatic carbocycles. The van der Waals surface area contributed by atoms with Crippen LogP contribution in [-0.4, -0.2) is 5.11 Å². The van der Waals surface area contributed by atoms with E-state index in [1.807, 2.05) is 6.07 Å². The van der Waals surface area contributed by atoms with Gasteiger partial charge < -0.3 is 5.11 Å². The molecule has 1 saturated carbocycles. The maximum Gasteiger partial charge on any atom is 0.0886 e. The third kappa shape index (κ3) is 1.81. The van der Waals surface area contributed by atoms with Crippen molar-refractivity contribution in [1.29, 1.82) is 0 Å². The van der Waals surface area contributed by atoms with Crippen LogP contribution in [-0.2, 0) is 18.3 Å². The first-order chi connectivity index (χ1) is 9.79. The van der Waals surface area contributed by atoms with Crippen molar-refractivity contribution in [3.63, 3.8) is 0 Å². The first-order valence-electron chi connectivity index (χ1n) is 7.65. The van der Waals surface area contributed by atoms with Gasteiger partial charge in [0.1, 0.15) is 0 Å². The zero-order chi connectivity index (χ0) is 13.6. The molecule has 2 aliphatic rings. The van der Waals surface area contributed by atoms with Crippen molar-refractivity contribution in [2.45, 2.75) is 43.6 Å². The summed E-state index contributed by atoms with van der Waals surface area (Å²) < 4.78 is 0. The molecule has 4 rings (SSSR count). The van der Waals surface area contributed by atoms with Crippen LogP contribution in [0.5, 0.6) is 0 Å². The van der Waals surface area contributed by atoms with E-state index in [9.17, 15) is 5.11 Å². The van der Waals surface area contributed by atoms with E-state index in [4.69, 9.17) is 0 Å². The van der Waals surface area contributed by atoms with Crippen molar-refractivity contribution in [3.8, 4) is 0 Å². The van der Waals surface area contributed by atoms with Crippen LogP contribution in [0.4, 0.5) is 0 Å². The summed E-state index contributed by atoms with van der Waals surface area (Å²) in [6.45, 7) is 0. The molecule has 2 aliphatic carbocycles. The van der Waals surface area contributed by atoms with Crippen molar-refractivity contribution in [2.75, 3.05) is 0 Å². The average Bonchev–Trinajstić information content (AvgIpc) is 3.18. The number of aryl methyl sites for hydroxylation is 2. The van der Waals surface area contributed by atoms with Crippen LogP contribution in [0.1, 0.15) is 47.6 Å². The van der Waals surface area contributed by atoms with Crippen LogP contribution in [0, 0.1) is 0 Å². The third-order valence-corrected chi connectivity index (χ3v) is 5.10. The van der Waals surface area contributed by atoms with E-state index in [1.54, 1.807) is 0 Å². The second-order valence-corrected chi connectivity index (χ2v) is 6.31. The number of fused-ring (bicyclic) bond motifs is 1. The van der Waals surface area contributed by atoms with Gasteiger partial charge in [0.15, 0.2) is 0 Å². The van der Waals surface area contributed by atoms with Gasteiger partial charge in [0.05, 0.1) is 6.10 Å². The summed E-state index contributed by atoms with van der Waals surface area (Å²) in [5.74, 6) is 0. The lowest BCUT2D eigenvalue weighted by molar-refractivity contribution is 0.133. The van der Waals surface area contributed by atoms with E-state index in [2.05, 4.69) is 42.5 Å². The van der Waals surface area contributed by atoms with Gasteiger partial charge in [-0.3, -0.25) is 0 Å². The van der Waals surface area contributed by atoms with Gasteiger partial charge in [0, 0.05) is 5.41 Å². The molecule has 1 unspecified atom stereocenters. The van der Waals surface area contributed by atoms with Crippen LogP contribution in [0.2, 0.25) is 0 Å². The molecule has 1 fully saturated rings. The summed E-state index contributed by atoms with van der Waals surface area (Å²) in [6.07, 6.45) is 5.46. The SMILES string of the molecule is OC(c1ccc2c(c1)CCC2)C1(c2ccccc2)CC1. The summed E-state index contributed by atoms with van der Waals surface area (Å²) >= 11 is 0. The Hall–Kier alpha value is -1.60. The van der Waals surface area contributed by atoms with Gasteiger partial charge in [-0.1, -0.05) is 48.5 Å². The van der Waals surface area contributed by atoms with Crippen molar-refractivity contribution in [2.24, 2.45) is 0 Å². The molecule has 1 atom stereocenters. The zero-order valence-electron chi connectivity index (χ0n) is 11.7. The smallest absolute Gasteiger partial charge is 0.0886 e. The molecule has 0 aromatic heterocycles. The van der Waals surface area contributed by atoms with Crippen molar-refractivity contribution < 1.29 is 5.11 Å². The molecule has 0 amide bonds. The Kier molecular flexibility index (Phi) is 2.71. The van der Waals surface area contributed by atoms with Gasteiger partial charge >= 0.3 is 0 Å². The quantitative estimate of drug-likeness (QED) is 0.890. The number of hydrogen-bond acceptors (Lipinski definition) is 1. The highest BCUT2D eigenvalue weighted by Crippen LogP contribution is 2.56. The highest BCUT2D eigenvalue weighted by molar-refractivity contribution is 5.41. The van der Waals surface area contributed by atoms with Crippen LogP contribution >= 0.6 is 0 Å². The fourth-order valence-corrected chi connectivity index (χ4v) is 3.71. The fraction of sp³-hybridized carbons (Fsp3) is 0.368. The maximum atomic E-state index is 10.9. The van der Waals surface area contributed by atoms with E-state index in [-0.39, 0.29) is 11.5 Å². The topological polar surface area (TPSA) is 20.2 Å². The largest absolute Gasteiger partial charge is 0.387 e. The molecular formula is C19H20O. The first-order valence-corrected chi connectivity index (χ1v) is 7.65.